The number of hydrogen-bond donors (Lipinski definition) is 0. The SMILES string of the molecule is Cc1ccc(OCCC(=O)OCC(=O)c2ccc3c(c2)CCCN3S(C)(=O)=O)cc1. The number of anilines is 1. The summed E-state index contributed by atoms with van der Waals surface area (Å²) in [4.78, 5) is 24.3. The first-order valence-electron chi connectivity index (χ1n) is 9.73. The molecule has 0 amide bonds. The van der Waals surface area contributed by atoms with E-state index in [0.29, 0.717) is 36.4 Å². The molecule has 0 N–H and O–H groups in total. The van der Waals surface area contributed by atoms with E-state index >= 15 is 0 Å². The Kier molecular flexibility index (Phi) is 6.77. The maximum absolute atomic E-state index is 12.4. The first-order valence-corrected chi connectivity index (χ1v) is 11.6. The third-order valence-corrected chi connectivity index (χ3v) is 6.02. The number of Topliss-reactive ketones (excluding diaryl/α,β-unsaturated/α-hetero) is 1. The average molecular weight is 432 g/mol. The van der Waals surface area contributed by atoms with Crippen LogP contribution in [-0.2, 0) is 26.0 Å². The number of benzene rings is 2. The van der Waals surface area contributed by atoms with Gasteiger partial charge in [0.05, 0.1) is 25.0 Å². The second-order valence-corrected chi connectivity index (χ2v) is 9.18. The third-order valence-electron chi connectivity index (χ3n) is 4.84. The van der Waals surface area contributed by atoms with E-state index in [0.717, 1.165) is 11.1 Å². The zero-order valence-electron chi connectivity index (χ0n) is 17.1. The predicted octanol–water partition coefficient (Wildman–Crippen LogP) is 2.90. The van der Waals surface area contributed by atoms with Crippen molar-refractivity contribution in [2.24, 2.45) is 0 Å². The van der Waals surface area contributed by atoms with Gasteiger partial charge in [0.15, 0.2) is 12.4 Å². The van der Waals surface area contributed by atoms with E-state index in [-0.39, 0.29) is 25.4 Å². The van der Waals surface area contributed by atoms with Crippen molar-refractivity contribution in [1.29, 1.82) is 0 Å². The molecule has 0 bridgehead atoms. The smallest absolute Gasteiger partial charge is 0.309 e. The molecule has 1 heterocycles. The van der Waals surface area contributed by atoms with E-state index in [2.05, 4.69) is 0 Å². The molecule has 1 aliphatic rings. The number of carbonyl (C=O) groups excluding carboxylic acids is 2. The molecule has 160 valence electrons. The Labute approximate surface area is 176 Å². The summed E-state index contributed by atoms with van der Waals surface area (Å²) in [5.74, 6) is -0.180. The minimum absolute atomic E-state index is 0.0364. The van der Waals surface area contributed by atoms with Gasteiger partial charge in [-0.15, -0.1) is 0 Å². The molecule has 7 nitrogen and oxygen atoms in total. The highest BCUT2D eigenvalue weighted by molar-refractivity contribution is 7.92. The number of nitrogens with zero attached hydrogens (tertiary/aromatic N) is 1. The van der Waals surface area contributed by atoms with Crippen molar-refractivity contribution < 1.29 is 27.5 Å². The molecule has 2 aromatic rings. The summed E-state index contributed by atoms with van der Waals surface area (Å²) in [7, 11) is -3.36. The summed E-state index contributed by atoms with van der Waals surface area (Å²) >= 11 is 0. The zero-order chi connectivity index (χ0) is 21.7. The van der Waals surface area contributed by atoms with Crippen molar-refractivity contribution in [3.8, 4) is 5.75 Å². The van der Waals surface area contributed by atoms with Gasteiger partial charge < -0.3 is 9.47 Å². The highest BCUT2D eigenvalue weighted by Crippen LogP contribution is 2.30. The normalized spacial score (nSPS) is 13.5. The van der Waals surface area contributed by atoms with Crippen LogP contribution in [0.15, 0.2) is 42.5 Å². The molecule has 0 fully saturated rings. The second kappa shape index (κ2) is 9.30. The Bertz CT molecular complexity index is 1030. The van der Waals surface area contributed by atoms with E-state index in [9.17, 15) is 18.0 Å². The number of esters is 1. The number of hydrogen-bond acceptors (Lipinski definition) is 6. The van der Waals surface area contributed by atoms with Gasteiger partial charge in [0.1, 0.15) is 5.75 Å². The fourth-order valence-corrected chi connectivity index (χ4v) is 4.26. The lowest BCUT2D eigenvalue weighted by atomic mass is 9.99. The molecule has 0 aromatic heterocycles. The van der Waals surface area contributed by atoms with Gasteiger partial charge in [0.25, 0.3) is 0 Å². The topological polar surface area (TPSA) is 90.0 Å². The van der Waals surface area contributed by atoms with Crippen LogP contribution in [0.5, 0.6) is 5.75 Å². The van der Waals surface area contributed by atoms with Crippen LogP contribution < -0.4 is 9.04 Å². The molecule has 0 spiro atoms. The van der Waals surface area contributed by atoms with Crippen molar-refractivity contribution in [2.45, 2.75) is 26.2 Å². The number of ether oxygens (including phenoxy) is 2. The molecule has 0 atom stereocenters. The van der Waals surface area contributed by atoms with Gasteiger partial charge in [0.2, 0.25) is 10.0 Å². The lowest BCUT2D eigenvalue weighted by molar-refractivity contribution is -0.143. The molecule has 1 aliphatic heterocycles. The number of fused-ring (bicyclic) bond motifs is 1. The number of ketones is 1. The van der Waals surface area contributed by atoms with Gasteiger partial charge in [-0.25, -0.2) is 8.42 Å². The predicted molar refractivity (Wildman–Crippen MR) is 114 cm³/mol. The number of aryl methyl sites for hydroxylation is 2. The summed E-state index contributed by atoms with van der Waals surface area (Å²) in [6.45, 7) is 2.21. The van der Waals surface area contributed by atoms with E-state index in [1.165, 1.54) is 10.6 Å². The molecule has 2 aromatic carbocycles. The Morgan fingerprint density at radius 2 is 1.83 bits per heavy atom. The molecule has 8 heteroatoms. The molecule has 0 saturated heterocycles. The van der Waals surface area contributed by atoms with Crippen molar-refractivity contribution in [3.63, 3.8) is 0 Å². The molecule has 0 saturated carbocycles. The summed E-state index contributed by atoms with van der Waals surface area (Å²) in [6, 6.07) is 12.4. The molecule has 0 radical (unpaired) electrons. The van der Waals surface area contributed by atoms with Gasteiger partial charge >= 0.3 is 5.97 Å². The molecule has 0 aliphatic carbocycles. The summed E-state index contributed by atoms with van der Waals surface area (Å²) in [5.41, 5.74) is 2.92. The van der Waals surface area contributed by atoms with Gasteiger partial charge in [-0.1, -0.05) is 17.7 Å². The van der Waals surface area contributed by atoms with Crippen molar-refractivity contribution in [2.75, 3.05) is 30.3 Å². The maximum atomic E-state index is 12.4. The quantitative estimate of drug-likeness (QED) is 0.472. The van der Waals surface area contributed by atoms with Crippen molar-refractivity contribution in [3.05, 3.63) is 59.2 Å². The first-order chi connectivity index (χ1) is 14.2. The van der Waals surface area contributed by atoms with Crippen LogP contribution in [0.1, 0.15) is 34.3 Å². The third kappa shape index (κ3) is 5.60. The first kappa shape index (κ1) is 21.8. The molecular formula is C22H25NO6S. The maximum Gasteiger partial charge on any atom is 0.309 e. The minimum Gasteiger partial charge on any atom is -0.493 e. The highest BCUT2D eigenvalue weighted by Gasteiger charge is 2.24. The summed E-state index contributed by atoms with van der Waals surface area (Å²) in [6.07, 6.45) is 2.59. The van der Waals surface area contributed by atoms with Gasteiger partial charge in [-0.2, -0.15) is 0 Å². The Hall–Kier alpha value is -2.87. The van der Waals surface area contributed by atoms with Gasteiger partial charge in [-0.3, -0.25) is 13.9 Å². The number of sulfonamides is 1. The van der Waals surface area contributed by atoms with Crippen LogP contribution in [0, 0.1) is 6.92 Å². The van der Waals surface area contributed by atoms with E-state index in [4.69, 9.17) is 9.47 Å². The van der Waals surface area contributed by atoms with Gasteiger partial charge in [0, 0.05) is 12.1 Å². The fourth-order valence-electron chi connectivity index (χ4n) is 3.27. The summed E-state index contributed by atoms with van der Waals surface area (Å²) in [5, 5.41) is 0. The Morgan fingerprint density at radius 3 is 2.53 bits per heavy atom. The molecule has 3 rings (SSSR count). The Morgan fingerprint density at radius 1 is 1.10 bits per heavy atom. The van der Waals surface area contributed by atoms with E-state index < -0.39 is 16.0 Å². The van der Waals surface area contributed by atoms with Crippen LogP contribution in [0.3, 0.4) is 0 Å². The summed E-state index contributed by atoms with van der Waals surface area (Å²) < 4.78 is 35.8. The molecule has 30 heavy (non-hydrogen) atoms. The molecule has 0 unspecified atom stereocenters. The van der Waals surface area contributed by atoms with Crippen LogP contribution in [-0.4, -0.2) is 46.2 Å². The minimum atomic E-state index is -3.36. The van der Waals surface area contributed by atoms with Crippen molar-refractivity contribution >= 4 is 27.5 Å². The molecular weight excluding hydrogens is 406 g/mol. The van der Waals surface area contributed by atoms with E-state index in [1.54, 1.807) is 18.2 Å². The largest absolute Gasteiger partial charge is 0.493 e. The van der Waals surface area contributed by atoms with Crippen molar-refractivity contribution in [1.82, 2.24) is 0 Å². The highest BCUT2D eigenvalue weighted by atomic mass is 32.2. The Balaban J connectivity index is 1.51. The lowest BCUT2D eigenvalue weighted by Gasteiger charge is -2.29. The zero-order valence-corrected chi connectivity index (χ0v) is 17.9. The number of rotatable bonds is 8. The van der Waals surface area contributed by atoms with Crippen LogP contribution in [0.25, 0.3) is 0 Å². The second-order valence-electron chi connectivity index (χ2n) is 7.28. The number of carbonyl (C=O) groups is 2. The fraction of sp³-hybridized carbons (Fsp3) is 0.364. The van der Waals surface area contributed by atoms with Gasteiger partial charge in [-0.05, 0) is 55.7 Å². The monoisotopic (exact) mass is 431 g/mol. The standard InChI is InChI=1S/C22H25NO6S/c1-16-5-8-19(9-6-16)28-13-11-22(25)29-15-21(24)18-7-10-20-17(14-18)4-3-12-23(20)30(2,26)27/h5-10,14H,3-4,11-13,15H2,1-2H3. The van der Waals surface area contributed by atoms with Crippen LogP contribution in [0.2, 0.25) is 0 Å². The average Bonchev–Trinajstić information content (AvgIpc) is 2.72. The lowest BCUT2D eigenvalue weighted by Crippen LogP contribution is -2.34. The van der Waals surface area contributed by atoms with Crippen LogP contribution >= 0.6 is 0 Å². The van der Waals surface area contributed by atoms with E-state index in [1.807, 2.05) is 31.2 Å². The van der Waals surface area contributed by atoms with Crippen LogP contribution in [0.4, 0.5) is 5.69 Å².